The van der Waals surface area contributed by atoms with Crippen molar-refractivity contribution in [1.29, 1.82) is 0 Å². The molecule has 0 atom stereocenters. The Balaban J connectivity index is 2.89. The maximum Gasteiger partial charge on any atom is 0.217 e. The van der Waals surface area contributed by atoms with Crippen LogP contribution in [0.25, 0.3) is 0 Å². The quantitative estimate of drug-likeness (QED) is 0.805. The minimum absolute atomic E-state index is 0.0564. The van der Waals surface area contributed by atoms with E-state index in [1.165, 1.54) is 0 Å². The zero-order chi connectivity index (χ0) is 13.6. The van der Waals surface area contributed by atoms with Gasteiger partial charge in [-0.3, -0.25) is 4.90 Å². The van der Waals surface area contributed by atoms with Gasteiger partial charge in [0.1, 0.15) is 0 Å². The van der Waals surface area contributed by atoms with Crippen molar-refractivity contribution in [3.05, 3.63) is 23.9 Å². The van der Waals surface area contributed by atoms with Crippen LogP contribution in [-0.4, -0.2) is 36.1 Å². The molecule has 0 amide bonds. The molecule has 0 aliphatic heterocycles. The first-order valence-electron chi connectivity index (χ1n) is 6.52. The average molecular weight is 251 g/mol. The number of rotatable bonds is 7. The zero-order valence-electron chi connectivity index (χ0n) is 11.9. The molecule has 0 saturated heterocycles. The lowest BCUT2D eigenvalue weighted by Gasteiger charge is -2.40. The first-order chi connectivity index (χ1) is 8.63. The highest BCUT2D eigenvalue weighted by atomic mass is 16.5. The van der Waals surface area contributed by atoms with Gasteiger partial charge in [-0.25, -0.2) is 4.98 Å². The Morgan fingerprint density at radius 2 is 2.06 bits per heavy atom. The number of hydrogen-bond donors (Lipinski definition) is 1. The summed E-state index contributed by atoms with van der Waals surface area (Å²) in [6.07, 6.45) is 3.83. The van der Waals surface area contributed by atoms with Gasteiger partial charge in [-0.1, -0.05) is 19.9 Å². The number of ether oxygens (including phenoxy) is 1. The fourth-order valence-electron chi connectivity index (χ4n) is 2.39. The van der Waals surface area contributed by atoms with E-state index in [2.05, 4.69) is 36.8 Å². The first kappa shape index (κ1) is 14.9. The summed E-state index contributed by atoms with van der Waals surface area (Å²) < 4.78 is 5.29. The third-order valence-electron chi connectivity index (χ3n) is 3.96. The van der Waals surface area contributed by atoms with Crippen LogP contribution in [0.3, 0.4) is 0 Å². The fourth-order valence-corrected chi connectivity index (χ4v) is 2.39. The van der Waals surface area contributed by atoms with Gasteiger partial charge in [0.15, 0.2) is 0 Å². The second-order valence-electron chi connectivity index (χ2n) is 4.66. The fraction of sp³-hybridized carbons (Fsp3) is 0.643. The Morgan fingerprint density at radius 1 is 1.39 bits per heavy atom. The van der Waals surface area contributed by atoms with E-state index >= 15 is 0 Å². The molecule has 0 spiro atoms. The number of nitrogens with zero attached hydrogens (tertiary/aromatic N) is 2. The minimum Gasteiger partial charge on any atom is -0.481 e. The SMILES string of the molecule is CCC(CC)(CN)N(C)Cc1cccnc1OC. The van der Waals surface area contributed by atoms with Crippen LogP contribution in [0.5, 0.6) is 5.88 Å². The van der Waals surface area contributed by atoms with Crippen LogP contribution in [0.4, 0.5) is 0 Å². The van der Waals surface area contributed by atoms with Gasteiger partial charge in [-0.2, -0.15) is 0 Å². The van der Waals surface area contributed by atoms with Crippen molar-refractivity contribution in [2.45, 2.75) is 38.8 Å². The standard InChI is InChI=1S/C14H25N3O/c1-5-14(6-2,11-15)17(3)10-12-8-7-9-16-13(12)18-4/h7-9H,5-6,10-11,15H2,1-4H3. The van der Waals surface area contributed by atoms with Crippen LogP contribution >= 0.6 is 0 Å². The average Bonchev–Trinajstić information content (AvgIpc) is 2.42. The third-order valence-corrected chi connectivity index (χ3v) is 3.96. The van der Waals surface area contributed by atoms with E-state index in [1.54, 1.807) is 13.3 Å². The van der Waals surface area contributed by atoms with Crippen molar-refractivity contribution >= 4 is 0 Å². The molecule has 0 aliphatic carbocycles. The lowest BCUT2D eigenvalue weighted by Crippen LogP contribution is -2.50. The van der Waals surface area contributed by atoms with Gasteiger partial charge in [0.05, 0.1) is 7.11 Å². The van der Waals surface area contributed by atoms with Crippen molar-refractivity contribution in [3.63, 3.8) is 0 Å². The molecule has 0 aromatic carbocycles. The molecular weight excluding hydrogens is 226 g/mol. The summed E-state index contributed by atoms with van der Waals surface area (Å²) in [6, 6.07) is 3.99. The van der Waals surface area contributed by atoms with Gasteiger partial charge in [0, 0.05) is 30.4 Å². The van der Waals surface area contributed by atoms with Gasteiger partial charge in [-0.05, 0) is 26.0 Å². The van der Waals surface area contributed by atoms with E-state index in [4.69, 9.17) is 10.5 Å². The maximum atomic E-state index is 5.97. The van der Waals surface area contributed by atoms with E-state index < -0.39 is 0 Å². The van der Waals surface area contributed by atoms with Gasteiger partial charge in [0.2, 0.25) is 5.88 Å². The van der Waals surface area contributed by atoms with Crippen LogP contribution in [0.15, 0.2) is 18.3 Å². The van der Waals surface area contributed by atoms with E-state index in [0.29, 0.717) is 12.4 Å². The number of nitrogens with two attached hydrogens (primary N) is 1. The molecule has 18 heavy (non-hydrogen) atoms. The predicted octanol–water partition coefficient (Wildman–Crippen LogP) is 2.04. The van der Waals surface area contributed by atoms with Crippen LogP contribution in [-0.2, 0) is 6.54 Å². The maximum absolute atomic E-state index is 5.97. The molecule has 0 unspecified atom stereocenters. The summed E-state index contributed by atoms with van der Waals surface area (Å²) in [5.74, 6) is 0.697. The number of pyridine rings is 1. The smallest absolute Gasteiger partial charge is 0.217 e. The topological polar surface area (TPSA) is 51.4 Å². The lowest BCUT2D eigenvalue weighted by atomic mass is 9.90. The Labute approximate surface area is 110 Å². The van der Waals surface area contributed by atoms with E-state index in [0.717, 1.165) is 24.9 Å². The third kappa shape index (κ3) is 3.00. The van der Waals surface area contributed by atoms with Gasteiger partial charge < -0.3 is 10.5 Å². The summed E-state index contributed by atoms with van der Waals surface area (Å²) in [4.78, 5) is 6.54. The highest BCUT2D eigenvalue weighted by Gasteiger charge is 2.29. The molecule has 0 fully saturated rings. The number of likely N-dealkylation sites (N-methyl/N-ethyl adjacent to an activating group) is 1. The summed E-state index contributed by atoms with van der Waals surface area (Å²) in [6.45, 7) is 5.84. The molecule has 4 nitrogen and oxygen atoms in total. The zero-order valence-corrected chi connectivity index (χ0v) is 11.9. The number of aromatic nitrogens is 1. The molecule has 102 valence electrons. The summed E-state index contributed by atoms with van der Waals surface area (Å²) >= 11 is 0. The molecule has 2 N–H and O–H groups in total. The molecule has 4 heteroatoms. The second kappa shape index (κ2) is 6.71. The Hall–Kier alpha value is -1.13. The van der Waals surface area contributed by atoms with E-state index in [-0.39, 0.29) is 5.54 Å². The lowest BCUT2D eigenvalue weighted by molar-refractivity contribution is 0.107. The van der Waals surface area contributed by atoms with Crippen LogP contribution < -0.4 is 10.5 Å². The van der Waals surface area contributed by atoms with Crippen LogP contribution in [0.2, 0.25) is 0 Å². The van der Waals surface area contributed by atoms with Crippen molar-refractivity contribution in [2.75, 3.05) is 20.7 Å². The van der Waals surface area contributed by atoms with Crippen LogP contribution in [0, 0.1) is 0 Å². The van der Waals surface area contributed by atoms with Crippen molar-refractivity contribution < 1.29 is 4.74 Å². The molecule has 1 aromatic heterocycles. The van der Waals surface area contributed by atoms with Crippen molar-refractivity contribution in [1.82, 2.24) is 9.88 Å². The number of hydrogen-bond acceptors (Lipinski definition) is 4. The minimum atomic E-state index is 0.0564. The molecule has 1 aromatic rings. The molecule has 1 heterocycles. The predicted molar refractivity (Wildman–Crippen MR) is 74.6 cm³/mol. The molecule has 1 rings (SSSR count). The molecule has 0 aliphatic rings. The highest BCUT2D eigenvalue weighted by molar-refractivity contribution is 5.25. The van der Waals surface area contributed by atoms with Gasteiger partial charge >= 0.3 is 0 Å². The molecule has 0 saturated carbocycles. The summed E-state index contributed by atoms with van der Waals surface area (Å²) in [7, 11) is 3.77. The van der Waals surface area contributed by atoms with Crippen LogP contribution in [0.1, 0.15) is 32.3 Å². The molecular formula is C14H25N3O. The van der Waals surface area contributed by atoms with Gasteiger partial charge in [0.25, 0.3) is 0 Å². The van der Waals surface area contributed by atoms with E-state index in [9.17, 15) is 0 Å². The van der Waals surface area contributed by atoms with Crippen molar-refractivity contribution in [2.24, 2.45) is 5.73 Å². The van der Waals surface area contributed by atoms with E-state index in [1.807, 2.05) is 6.07 Å². The van der Waals surface area contributed by atoms with Crippen molar-refractivity contribution in [3.8, 4) is 5.88 Å². The Bertz CT molecular complexity index is 356. The summed E-state index contributed by atoms with van der Waals surface area (Å²) in [5, 5.41) is 0. The Morgan fingerprint density at radius 3 is 2.56 bits per heavy atom. The highest BCUT2D eigenvalue weighted by Crippen LogP contribution is 2.25. The van der Waals surface area contributed by atoms with Gasteiger partial charge in [-0.15, -0.1) is 0 Å². The molecule has 0 radical (unpaired) electrons. The Kier molecular flexibility index (Phi) is 5.56. The largest absolute Gasteiger partial charge is 0.481 e. The monoisotopic (exact) mass is 251 g/mol. The first-order valence-corrected chi connectivity index (χ1v) is 6.52. The molecule has 0 bridgehead atoms. The summed E-state index contributed by atoms with van der Waals surface area (Å²) in [5.41, 5.74) is 7.12. The second-order valence-corrected chi connectivity index (χ2v) is 4.66. The number of methoxy groups -OCH3 is 1. The normalized spacial score (nSPS) is 11.9.